The molecule has 1 aliphatic heterocycles. The van der Waals surface area contributed by atoms with Gasteiger partial charge < -0.3 is 9.30 Å². The fourth-order valence-corrected chi connectivity index (χ4v) is 4.84. The highest BCUT2D eigenvalue weighted by atomic mass is 32.2. The molecule has 0 radical (unpaired) electrons. The van der Waals surface area contributed by atoms with Crippen molar-refractivity contribution in [2.75, 3.05) is 6.54 Å². The largest absolute Gasteiger partial charge is 0.462 e. The fourth-order valence-electron chi connectivity index (χ4n) is 4.01. The molecule has 1 saturated heterocycles. The molecule has 2 amide bonds. The lowest BCUT2D eigenvalue weighted by Crippen LogP contribution is -2.35. The molecule has 6 nitrogen and oxygen atoms in total. The summed E-state index contributed by atoms with van der Waals surface area (Å²) < 4.78 is 7.24. The first-order valence-electron chi connectivity index (χ1n) is 10.2. The van der Waals surface area contributed by atoms with Crippen molar-refractivity contribution in [2.24, 2.45) is 0 Å². The van der Waals surface area contributed by atoms with Gasteiger partial charge in [0.15, 0.2) is 0 Å². The number of carbonyl (C=O) groups excluding carboxylic acids is 3. The van der Waals surface area contributed by atoms with E-state index in [-0.39, 0.29) is 12.6 Å². The molecule has 0 spiro atoms. The summed E-state index contributed by atoms with van der Waals surface area (Å²) in [5, 5.41) is -0.462. The SMILES string of the molecule is Cc1cc(C)c(-n2c(C)cc(/C=C3/SC(=O)N(CC(=O)OC(C)C)C3=O)c2C)c(C)c1. The predicted molar refractivity (Wildman–Crippen MR) is 123 cm³/mol. The molecule has 2 heterocycles. The highest BCUT2D eigenvalue weighted by molar-refractivity contribution is 8.18. The molecule has 0 atom stereocenters. The van der Waals surface area contributed by atoms with Gasteiger partial charge in [-0.1, -0.05) is 17.7 Å². The maximum atomic E-state index is 12.8. The average molecular weight is 441 g/mol. The van der Waals surface area contributed by atoms with Gasteiger partial charge in [-0.3, -0.25) is 19.3 Å². The van der Waals surface area contributed by atoms with Gasteiger partial charge in [0, 0.05) is 11.4 Å². The number of carbonyl (C=O) groups is 3. The Kier molecular flexibility index (Phi) is 6.46. The first-order valence-corrected chi connectivity index (χ1v) is 11.0. The topological polar surface area (TPSA) is 68.6 Å². The van der Waals surface area contributed by atoms with Gasteiger partial charge in [0.1, 0.15) is 6.54 Å². The second kappa shape index (κ2) is 8.75. The third-order valence-corrected chi connectivity index (χ3v) is 6.05. The molecular formula is C24H28N2O4S. The number of esters is 1. The van der Waals surface area contributed by atoms with Crippen LogP contribution in [0.5, 0.6) is 0 Å². The molecular weight excluding hydrogens is 412 g/mol. The quantitative estimate of drug-likeness (QED) is 0.483. The third-order valence-electron chi connectivity index (χ3n) is 5.14. The van der Waals surface area contributed by atoms with Gasteiger partial charge in [-0.2, -0.15) is 0 Å². The number of amides is 2. The van der Waals surface area contributed by atoms with E-state index in [0.29, 0.717) is 4.91 Å². The van der Waals surface area contributed by atoms with Crippen LogP contribution in [0.4, 0.5) is 4.79 Å². The van der Waals surface area contributed by atoms with Crippen LogP contribution in [0.25, 0.3) is 11.8 Å². The van der Waals surface area contributed by atoms with Crippen molar-refractivity contribution in [1.82, 2.24) is 9.47 Å². The highest BCUT2D eigenvalue weighted by Gasteiger charge is 2.37. The second-order valence-electron chi connectivity index (χ2n) is 8.22. The number of imide groups is 1. The van der Waals surface area contributed by atoms with Crippen molar-refractivity contribution in [1.29, 1.82) is 0 Å². The van der Waals surface area contributed by atoms with Crippen molar-refractivity contribution in [3.8, 4) is 5.69 Å². The van der Waals surface area contributed by atoms with Crippen molar-refractivity contribution in [2.45, 2.75) is 54.6 Å². The lowest BCUT2D eigenvalue weighted by molar-refractivity contribution is -0.149. The maximum Gasteiger partial charge on any atom is 0.326 e. The summed E-state index contributed by atoms with van der Waals surface area (Å²) in [6.45, 7) is 13.4. The molecule has 7 heteroatoms. The number of hydrogen-bond donors (Lipinski definition) is 0. The van der Waals surface area contributed by atoms with E-state index in [0.717, 1.165) is 39.3 Å². The van der Waals surface area contributed by atoms with Crippen LogP contribution in [0.15, 0.2) is 23.1 Å². The summed E-state index contributed by atoms with van der Waals surface area (Å²) in [6, 6.07) is 6.32. The predicted octanol–water partition coefficient (Wildman–Crippen LogP) is 5.01. The van der Waals surface area contributed by atoms with E-state index < -0.39 is 17.1 Å². The molecule has 1 fully saturated rings. The Bertz CT molecular complexity index is 1090. The van der Waals surface area contributed by atoms with Crippen molar-refractivity contribution in [3.05, 3.63) is 56.7 Å². The molecule has 1 aromatic heterocycles. The van der Waals surface area contributed by atoms with Crippen LogP contribution in [-0.2, 0) is 14.3 Å². The molecule has 31 heavy (non-hydrogen) atoms. The van der Waals surface area contributed by atoms with E-state index in [2.05, 4.69) is 37.5 Å². The number of hydrogen-bond acceptors (Lipinski definition) is 5. The zero-order valence-corrected chi connectivity index (χ0v) is 19.8. The summed E-state index contributed by atoms with van der Waals surface area (Å²) in [6.07, 6.45) is 1.43. The monoisotopic (exact) mass is 440 g/mol. The maximum absolute atomic E-state index is 12.8. The van der Waals surface area contributed by atoms with E-state index in [1.54, 1.807) is 19.9 Å². The number of aryl methyl sites for hydroxylation is 4. The van der Waals surface area contributed by atoms with Crippen LogP contribution in [0.1, 0.15) is 47.5 Å². The van der Waals surface area contributed by atoms with E-state index in [9.17, 15) is 14.4 Å². The summed E-state index contributed by atoms with van der Waals surface area (Å²) in [5.74, 6) is -1.06. The van der Waals surface area contributed by atoms with Crippen molar-refractivity contribution in [3.63, 3.8) is 0 Å². The molecule has 0 saturated carbocycles. The van der Waals surface area contributed by atoms with Crippen molar-refractivity contribution < 1.29 is 19.1 Å². The highest BCUT2D eigenvalue weighted by Crippen LogP contribution is 2.34. The van der Waals surface area contributed by atoms with Crippen LogP contribution in [0.2, 0.25) is 0 Å². The van der Waals surface area contributed by atoms with Crippen LogP contribution < -0.4 is 0 Å². The molecule has 2 aromatic rings. The number of aromatic nitrogens is 1. The Hall–Kier alpha value is -2.80. The van der Waals surface area contributed by atoms with Gasteiger partial charge in [-0.15, -0.1) is 0 Å². The minimum atomic E-state index is -0.595. The normalized spacial score (nSPS) is 15.5. The smallest absolute Gasteiger partial charge is 0.326 e. The molecule has 1 aliphatic rings. The first kappa shape index (κ1) is 22.9. The first-order chi connectivity index (χ1) is 14.5. The fraction of sp³-hybridized carbons (Fsp3) is 0.375. The standard InChI is InChI=1S/C24H28N2O4S/c1-13(2)30-21(27)12-25-23(28)20(31-24(25)29)11-19-10-17(6)26(18(19)7)22-15(4)8-14(3)9-16(22)5/h8-11,13H,12H2,1-7H3/b20-11+. The number of nitrogens with zero attached hydrogens (tertiary/aromatic N) is 2. The van der Waals surface area contributed by atoms with Crippen LogP contribution in [0, 0.1) is 34.6 Å². The Balaban J connectivity index is 1.94. The van der Waals surface area contributed by atoms with Gasteiger partial charge in [0.2, 0.25) is 0 Å². The number of thioether (sulfide) groups is 1. The molecule has 164 valence electrons. The molecule has 0 unspecified atom stereocenters. The van der Waals surface area contributed by atoms with Crippen LogP contribution in [-0.4, -0.2) is 39.2 Å². The van der Waals surface area contributed by atoms with Gasteiger partial charge in [-0.05, 0) is 89.1 Å². The van der Waals surface area contributed by atoms with E-state index in [1.807, 2.05) is 19.9 Å². The Morgan fingerprint density at radius 1 is 1.06 bits per heavy atom. The lowest BCUT2D eigenvalue weighted by Gasteiger charge is -2.17. The minimum Gasteiger partial charge on any atom is -0.462 e. The number of ether oxygens (including phenoxy) is 1. The summed E-state index contributed by atoms with van der Waals surface area (Å²) in [7, 11) is 0. The number of benzene rings is 1. The van der Waals surface area contributed by atoms with E-state index in [4.69, 9.17) is 4.74 Å². The minimum absolute atomic E-state index is 0.304. The summed E-state index contributed by atoms with van der Waals surface area (Å²) in [5.41, 5.74) is 7.59. The van der Waals surface area contributed by atoms with Crippen LogP contribution in [0.3, 0.4) is 0 Å². The van der Waals surface area contributed by atoms with E-state index in [1.165, 1.54) is 16.7 Å². The van der Waals surface area contributed by atoms with E-state index >= 15 is 0 Å². The van der Waals surface area contributed by atoms with Crippen molar-refractivity contribution >= 4 is 35.0 Å². The lowest BCUT2D eigenvalue weighted by atomic mass is 10.0. The molecule has 3 rings (SSSR count). The third kappa shape index (κ3) is 4.61. The van der Waals surface area contributed by atoms with Gasteiger partial charge >= 0.3 is 5.97 Å². The molecule has 0 bridgehead atoms. The molecule has 0 N–H and O–H groups in total. The summed E-state index contributed by atoms with van der Waals surface area (Å²) >= 11 is 0.847. The van der Waals surface area contributed by atoms with Gasteiger partial charge in [0.05, 0.1) is 16.7 Å². The molecule has 0 aliphatic carbocycles. The Morgan fingerprint density at radius 3 is 2.26 bits per heavy atom. The summed E-state index contributed by atoms with van der Waals surface area (Å²) in [4.78, 5) is 38.2. The zero-order valence-electron chi connectivity index (χ0n) is 19.0. The zero-order chi connectivity index (χ0) is 23.0. The van der Waals surface area contributed by atoms with Crippen LogP contribution >= 0.6 is 11.8 Å². The van der Waals surface area contributed by atoms with Gasteiger partial charge in [0.25, 0.3) is 11.1 Å². The number of rotatable bonds is 5. The average Bonchev–Trinajstić information content (AvgIpc) is 3.05. The molecule has 1 aromatic carbocycles. The Morgan fingerprint density at radius 2 is 1.68 bits per heavy atom. The second-order valence-corrected chi connectivity index (χ2v) is 9.21. The Labute approximate surface area is 187 Å². The van der Waals surface area contributed by atoms with Gasteiger partial charge in [-0.25, -0.2) is 0 Å².